The third-order valence-corrected chi connectivity index (χ3v) is 19.0. The molecular weight excluding hydrogens is 1220 g/mol. The zero-order chi connectivity index (χ0) is 68.7. The number of phosphoric acid groups is 2. The molecule has 0 rings (SSSR count). The Morgan fingerprint density at radius 3 is 0.731 bits per heavy atom. The van der Waals surface area contributed by atoms with Gasteiger partial charge in [-0.25, -0.2) is 9.13 Å². The summed E-state index contributed by atoms with van der Waals surface area (Å²) in [7, 11) is -9.91. The van der Waals surface area contributed by atoms with E-state index in [0.717, 1.165) is 108 Å². The Bertz CT molecular complexity index is 1820. The number of hydrogen-bond donors (Lipinski definition) is 3. The average Bonchev–Trinajstić information content (AvgIpc) is 1.64. The fourth-order valence-corrected chi connectivity index (χ4v) is 12.8. The van der Waals surface area contributed by atoms with E-state index < -0.39 is 97.5 Å². The SMILES string of the molecule is CCCCCCCCCCCCCCC(=O)O[C@H](COC(=O)CCCCCCCCC(C)C)COP(=O)(O)OC[C@H](O)COP(=O)(O)OC[C@@H](COC(=O)CCCCCCCCCCCCCCCC(C)C)OC(=O)CCCCCCCCCCCCCCCC(C)C. The van der Waals surface area contributed by atoms with Crippen LogP contribution in [0.4, 0.5) is 0 Å². The Labute approximate surface area is 568 Å². The van der Waals surface area contributed by atoms with Crippen molar-refractivity contribution in [2.45, 2.75) is 394 Å². The van der Waals surface area contributed by atoms with Crippen LogP contribution in [0, 0.1) is 17.8 Å². The average molecular weight is 1370 g/mol. The van der Waals surface area contributed by atoms with Crippen LogP contribution in [0.25, 0.3) is 0 Å². The highest BCUT2D eigenvalue weighted by Gasteiger charge is 2.30. The van der Waals surface area contributed by atoms with Gasteiger partial charge in [-0.1, -0.05) is 325 Å². The Hall–Kier alpha value is -1.94. The van der Waals surface area contributed by atoms with Crippen LogP contribution in [0.5, 0.6) is 0 Å². The largest absolute Gasteiger partial charge is 0.472 e. The summed E-state index contributed by atoms with van der Waals surface area (Å²) in [5.41, 5.74) is 0. The van der Waals surface area contributed by atoms with E-state index >= 15 is 0 Å². The van der Waals surface area contributed by atoms with E-state index in [1.165, 1.54) is 180 Å². The first-order valence-electron chi connectivity index (χ1n) is 38.3. The van der Waals surface area contributed by atoms with Gasteiger partial charge in [-0.15, -0.1) is 0 Å². The Morgan fingerprint density at radius 2 is 0.495 bits per heavy atom. The van der Waals surface area contributed by atoms with Crippen molar-refractivity contribution in [2.75, 3.05) is 39.6 Å². The van der Waals surface area contributed by atoms with Crippen molar-refractivity contribution < 1.29 is 80.2 Å². The molecule has 0 spiro atoms. The molecule has 2 unspecified atom stereocenters. The van der Waals surface area contributed by atoms with Crippen LogP contribution in [0.1, 0.15) is 376 Å². The maximum Gasteiger partial charge on any atom is 0.472 e. The number of carbonyl (C=O) groups is 4. The van der Waals surface area contributed by atoms with E-state index in [1.807, 2.05) is 0 Å². The lowest BCUT2D eigenvalue weighted by molar-refractivity contribution is -0.161. The van der Waals surface area contributed by atoms with Gasteiger partial charge < -0.3 is 33.8 Å². The smallest absolute Gasteiger partial charge is 0.462 e. The van der Waals surface area contributed by atoms with Gasteiger partial charge in [-0.05, 0) is 43.4 Å². The lowest BCUT2D eigenvalue weighted by Crippen LogP contribution is -2.30. The Morgan fingerprint density at radius 1 is 0.290 bits per heavy atom. The molecule has 552 valence electrons. The molecule has 19 heteroatoms. The molecular formula is C74H144O17P2. The molecule has 0 heterocycles. The normalized spacial score (nSPS) is 14.1. The first kappa shape index (κ1) is 91.1. The van der Waals surface area contributed by atoms with Gasteiger partial charge in [-0.2, -0.15) is 0 Å². The van der Waals surface area contributed by atoms with E-state index in [0.29, 0.717) is 31.6 Å². The second-order valence-electron chi connectivity index (χ2n) is 28.1. The van der Waals surface area contributed by atoms with Crippen LogP contribution in [0.2, 0.25) is 0 Å². The molecule has 0 aromatic rings. The molecule has 0 radical (unpaired) electrons. The van der Waals surface area contributed by atoms with Crippen molar-refractivity contribution in [3.8, 4) is 0 Å². The summed E-state index contributed by atoms with van der Waals surface area (Å²) in [5, 5.41) is 10.6. The van der Waals surface area contributed by atoms with Crippen molar-refractivity contribution >= 4 is 39.5 Å². The molecule has 0 saturated heterocycles. The predicted octanol–water partition coefficient (Wildman–Crippen LogP) is 21.4. The summed E-state index contributed by atoms with van der Waals surface area (Å²) in [6, 6.07) is 0. The van der Waals surface area contributed by atoms with Crippen LogP contribution in [-0.2, 0) is 65.4 Å². The lowest BCUT2D eigenvalue weighted by atomic mass is 10.0. The van der Waals surface area contributed by atoms with E-state index in [2.05, 4.69) is 48.5 Å². The van der Waals surface area contributed by atoms with Crippen LogP contribution < -0.4 is 0 Å². The van der Waals surface area contributed by atoms with Crippen LogP contribution in [0.15, 0.2) is 0 Å². The van der Waals surface area contributed by atoms with Crippen LogP contribution >= 0.6 is 15.6 Å². The first-order valence-corrected chi connectivity index (χ1v) is 41.3. The second kappa shape index (κ2) is 64.7. The number of unbranched alkanes of at least 4 members (excludes halogenated alkanes) is 40. The quantitative estimate of drug-likeness (QED) is 0.0222. The molecule has 0 saturated carbocycles. The summed E-state index contributed by atoms with van der Waals surface area (Å²) in [6.07, 6.45) is 50.0. The van der Waals surface area contributed by atoms with Gasteiger partial charge in [-0.3, -0.25) is 37.3 Å². The summed E-state index contributed by atoms with van der Waals surface area (Å²) < 4.78 is 68.4. The van der Waals surface area contributed by atoms with Gasteiger partial charge in [0.1, 0.15) is 19.3 Å². The maximum atomic E-state index is 13.1. The van der Waals surface area contributed by atoms with Crippen molar-refractivity contribution in [3.63, 3.8) is 0 Å². The van der Waals surface area contributed by atoms with Gasteiger partial charge in [0.05, 0.1) is 26.4 Å². The predicted molar refractivity (Wildman–Crippen MR) is 377 cm³/mol. The van der Waals surface area contributed by atoms with Crippen molar-refractivity contribution in [1.29, 1.82) is 0 Å². The topological polar surface area (TPSA) is 237 Å². The molecule has 93 heavy (non-hydrogen) atoms. The zero-order valence-electron chi connectivity index (χ0n) is 60.7. The minimum atomic E-state index is -4.96. The number of esters is 4. The number of phosphoric ester groups is 2. The minimum absolute atomic E-state index is 0.106. The number of rotatable bonds is 72. The third-order valence-electron chi connectivity index (χ3n) is 17.1. The highest BCUT2D eigenvalue weighted by molar-refractivity contribution is 7.47. The fourth-order valence-electron chi connectivity index (χ4n) is 11.2. The highest BCUT2D eigenvalue weighted by Crippen LogP contribution is 2.45. The number of ether oxygens (including phenoxy) is 4. The van der Waals surface area contributed by atoms with Gasteiger partial charge in [0.2, 0.25) is 0 Å². The molecule has 17 nitrogen and oxygen atoms in total. The lowest BCUT2D eigenvalue weighted by Gasteiger charge is -2.21. The number of hydrogen-bond acceptors (Lipinski definition) is 15. The number of aliphatic hydroxyl groups is 1. The summed E-state index contributed by atoms with van der Waals surface area (Å²) in [6.45, 7) is 11.8. The summed E-state index contributed by atoms with van der Waals surface area (Å²) in [5.74, 6) is 0.136. The van der Waals surface area contributed by atoms with E-state index in [1.54, 1.807) is 0 Å². The van der Waals surface area contributed by atoms with Gasteiger partial charge in [0.25, 0.3) is 0 Å². The Balaban J connectivity index is 5.24. The maximum absolute atomic E-state index is 13.1. The van der Waals surface area contributed by atoms with Crippen molar-refractivity contribution in [2.24, 2.45) is 17.8 Å². The molecule has 0 aliphatic carbocycles. The summed E-state index contributed by atoms with van der Waals surface area (Å²) in [4.78, 5) is 72.7. The monoisotopic (exact) mass is 1370 g/mol. The highest BCUT2D eigenvalue weighted by atomic mass is 31.2. The molecule has 0 fully saturated rings. The van der Waals surface area contributed by atoms with Gasteiger partial charge in [0.15, 0.2) is 12.2 Å². The number of aliphatic hydroxyl groups excluding tert-OH is 1. The molecule has 0 aromatic carbocycles. The molecule has 0 bridgehead atoms. The van der Waals surface area contributed by atoms with Gasteiger partial charge >= 0.3 is 39.5 Å². The fraction of sp³-hybridized carbons (Fsp3) is 0.946. The molecule has 0 aliphatic heterocycles. The van der Waals surface area contributed by atoms with E-state index in [4.69, 9.17) is 37.0 Å². The zero-order valence-corrected chi connectivity index (χ0v) is 62.5. The first-order chi connectivity index (χ1) is 44.7. The molecule has 0 aliphatic rings. The standard InChI is InChI=1S/C74H144O17P2/c1-8-9-10-11-12-13-14-23-29-34-43-50-57-73(78)91-70(62-85-72(77)56-49-42-37-36-40-47-54-67(6)7)64-89-93(82,83)87-60-68(75)59-86-92(80,81)88-63-69(90-74(79)58-51-44-35-30-25-20-16-18-22-27-32-39-46-53-66(4)5)61-84-71(76)55-48-41-33-28-24-19-15-17-21-26-31-38-45-52-65(2)3/h65-70,75H,8-64H2,1-7H3,(H,80,81)(H,82,83)/t68-,69-,70-/m1/s1. The van der Waals surface area contributed by atoms with Crippen LogP contribution in [0.3, 0.4) is 0 Å². The Kier molecular flexibility index (Phi) is 63.4. The van der Waals surface area contributed by atoms with Crippen LogP contribution in [-0.4, -0.2) is 96.7 Å². The second-order valence-corrected chi connectivity index (χ2v) is 31.0. The summed E-state index contributed by atoms with van der Waals surface area (Å²) >= 11 is 0. The number of carbonyl (C=O) groups excluding carboxylic acids is 4. The van der Waals surface area contributed by atoms with E-state index in [-0.39, 0.29) is 25.7 Å². The van der Waals surface area contributed by atoms with Crippen molar-refractivity contribution in [1.82, 2.24) is 0 Å². The third kappa shape index (κ3) is 68.4. The molecule has 0 amide bonds. The van der Waals surface area contributed by atoms with Gasteiger partial charge in [0, 0.05) is 25.7 Å². The molecule has 0 aromatic heterocycles. The van der Waals surface area contributed by atoms with E-state index in [9.17, 15) is 43.2 Å². The minimum Gasteiger partial charge on any atom is -0.462 e. The molecule has 3 N–H and O–H groups in total. The molecule has 5 atom stereocenters. The van der Waals surface area contributed by atoms with Crippen molar-refractivity contribution in [3.05, 3.63) is 0 Å².